The van der Waals surface area contributed by atoms with Gasteiger partial charge in [-0.1, -0.05) is 42.5 Å². The van der Waals surface area contributed by atoms with Crippen LogP contribution < -0.4 is 4.74 Å². The van der Waals surface area contributed by atoms with E-state index < -0.39 is 24.2 Å². The molecule has 0 saturated carbocycles. The molecule has 0 amide bonds. The third-order valence-electron chi connectivity index (χ3n) is 3.67. The Balaban J connectivity index is 2.63. The topological polar surface area (TPSA) is 46.5 Å². The fourth-order valence-electron chi connectivity index (χ4n) is 2.57. The smallest absolute Gasteiger partial charge is 0.318 e. The number of hydrogen-bond acceptors (Lipinski definition) is 2. The zero-order valence-electron chi connectivity index (χ0n) is 12.0. The first-order valence-electron chi connectivity index (χ1n) is 6.72. The number of carbonyl (C=O) groups is 1. The molecule has 1 atom stereocenters. The maximum Gasteiger partial charge on any atom is 0.318 e. The van der Waals surface area contributed by atoms with Crippen LogP contribution in [0.2, 0.25) is 0 Å². The predicted octanol–water partition coefficient (Wildman–Crippen LogP) is 3.72. The zero-order valence-corrected chi connectivity index (χ0v) is 12.0. The van der Waals surface area contributed by atoms with Crippen LogP contribution in [0.5, 0.6) is 5.75 Å². The van der Waals surface area contributed by atoms with E-state index in [2.05, 4.69) is 0 Å². The fraction of sp³-hybridized carbons (Fsp3) is 0.235. The van der Waals surface area contributed by atoms with Gasteiger partial charge in [0, 0.05) is 6.42 Å². The van der Waals surface area contributed by atoms with Gasteiger partial charge in [0.2, 0.25) is 6.43 Å². The minimum atomic E-state index is -2.75. The summed E-state index contributed by atoms with van der Waals surface area (Å²) in [5, 5.41) is 9.74. The second-order valence-corrected chi connectivity index (χ2v) is 4.90. The molecule has 0 saturated heterocycles. The maximum atomic E-state index is 13.1. The van der Waals surface area contributed by atoms with Crippen molar-refractivity contribution in [2.75, 3.05) is 7.11 Å². The number of aliphatic carboxylic acids is 1. The van der Waals surface area contributed by atoms with Gasteiger partial charge < -0.3 is 9.84 Å². The molecule has 5 heteroatoms. The fourth-order valence-corrected chi connectivity index (χ4v) is 2.57. The van der Waals surface area contributed by atoms with Gasteiger partial charge in [0.25, 0.3) is 0 Å². The van der Waals surface area contributed by atoms with Crippen molar-refractivity contribution < 1.29 is 23.4 Å². The summed E-state index contributed by atoms with van der Waals surface area (Å²) in [6.45, 7) is 0. The van der Waals surface area contributed by atoms with E-state index in [1.54, 1.807) is 42.5 Å². The molecule has 0 aliphatic heterocycles. The van der Waals surface area contributed by atoms with Gasteiger partial charge in [-0.3, -0.25) is 4.79 Å². The van der Waals surface area contributed by atoms with E-state index in [4.69, 9.17) is 4.74 Å². The van der Waals surface area contributed by atoms with E-state index in [1.807, 2.05) is 0 Å². The predicted molar refractivity (Wildman–Crippen MR) is 78.5 cm³/mol. The van der Waals surface area contributed by atoms with E-state index in [9.17, 15) is 18.7 Å². The van der Waals surface area contributed by atoms with E-state index in [-0.39, 0.29) is 0 Å². The molecule has 0 aliphatic rings. The number of hydrogen-bond donors (Lipinski definition) is 1. The molecule has 3 nitrogen and oxygen atoms in total. The number of benzene rings is 2. The van der Waals surface area contributed by atoms with Gasteiger partial charge in [0.05, 0.1) is 7.11 Å². The lowest BCUT2D eigenvalue weighted by Crippen LogP contribution is -2.39. The standard InChI is InChI=1S/C17H16F2O3/c1-22-14-9-7-13(8-10-14)17(16(20)21,11-15(18)19)12-5-3-2-4-6-12/h2-10,15H,11H2,1H3,(H,20,21). The number of alkyl halides is 2. The number of rotatable bonds is 6. The maximum absolute atomic E-state index is 13.1. The molecule has 2 rings (SSSR count). The highest BCUT2D eigenvalue weighted by Gasteiger charge is 2.44. The quantitative estimate of drug-likeness (QED) is 0.884. The minimum Gasteiger partial charge on any atom is -0.497 e. The molecule has 1 N–H and O–H groups in total. The Morgan fingerprint density at radius 2 is 1.64 bits per heavy atom. The highest BCUT2D eigenvalue weighted by atomic mass is 19.3. The summed E-state index contributed by atoms with van der Waals surface area (Å²) in [5.41, 5.74) is -1.16. The average molecular weight is 306 g/mol. The molecule has 0 heterocycles. The normalized spacial score (nSPS) is 13.6. The van der Waals surface area contributed by atoms with Crippen molar-refractivity contribution >= 4 is 5.97 Å². The lowest BCUT2D eigenvalue weighted by atomic mass is 9.72. The van der Waals surface area contributed by atoms with Crippen molar-refractivity contribution in [2.45, 2.75) is 18.3 Å². The molecule has 0 aliphatic carbocycles. The molecule has 0 spiro atoms. The lowest BCUT2D eigenvalue weighted by Gasteiger charge is -2.30. The molecule has 2 aromatic carbocycles. The molecule has 1 unspecified atom stereocenters. The van der Waals surface area contributed by atoms with Crippen molar-refractivity contribution in [3.63, 3.8) is 0 Å². The molecule has 0 bridgehead atoms. The van der Waals surface area contributed by atoms with Crippen molar-refractivity contribution in [3.8, 4) is 5.75 Å². The van der Waals surface area contributed by atoms with Crippen LogP contribution in [0.1, 0.15) is 17.5 Å². The molecule has 0 radical (unpaired) electrons. The van der Waals surface area contributed by atoms with Crippen molar-refractivity contribution in [2.24, 2.45) is 0 Å². The van der Waals surface area contributed by atoms with Crippen LogP contribution in [-0.4, -0.2) is 24.6 Å². The first-order chi connectivity index (χ1) is 10.5. The Labute approximate surface area is 127 Å². The van der Waals surface area contributed by atoms with E-state index >= 15 is 0 Å². The minimum absolute atomic E-state index is 0.298. The molecular formula is C17H16F2O3. The van der Waals surface area contributed by atoms with Gasteiger partial charge in [-0.2, -0.15) is 0 Å². The number of carboxylic acid groups (broad SMARTS) is 1. The Kier molecular flexibility index (Phi) is 4.75. The summed E-state index contributed by atoms with van der Waals surface area (Å²) in [4.78, 5) is 11.9. The second-order valence-electron chi connectivity index (χ2n) is 4.90. The van der Waals surface area contributed by atoms with Crippen LogP contribution in [0.4, 0.5) is 8.78 Å². The summed E-state index contributed by atoms with van der Waals surface area (Å²) >= 11 is 0. The van der Waals surface area contributed by atoms with Gasteiger partial charge in [-0.05, 0) is 23.3 Å². The summed E-state index contributed by atoms with van der Waals surface area (Å²) in [6.07, 6.45) is -3.54. The summed E-state index contributed by atoms with van der Waals surface area (Å²) < 4.78 is 31.3. The molecule has 22 heavy (non-hydrogen) atoms. The first-order valence-corrected chi connectivity index (χ1v) is 6.72. The highest BCUT2D eigenvalue weighted by Crippen LogP contribution is 2.38. The van der Waals surface area contributed by atoms with Crippen molar-refractivity contribution in [1.29, 1.82) is 0 Å². The Bertz CT molecular complexity index is 626. The number of ether oxygens (including phenoxy) is 1. The van der Waals surface area contributed by atoms with E-state index in [0.29, 0.717) is 16.9 Å². The Hall–Kier alpha value is -2.43. The third kappa shape index (κ3) is 2.93. The SMILES string of the molecule is COc1ccc(C(CC(F)F)(C(=O)O)c2ccccc2)cc1. The van der Waals surface area contributed by atoms with E-state index in [0.717, 1.165) is 0 Å². The number of halogens is 2. The van der Waals surface area contributed by atoms with Crippen LogP contribution in [0.25, 0.3) is 0 Å². The van der Waals surface area contributed by atoms with Crippen LogP contribution >= 0.6 is 0 Å². The van der Waals surface area contributed by atoms with E-state index in [1.165, 1.54) is 19.2 Å². The van der Waals surface area contributed by atoms with Gasteiger partial charge >= 0.3 is 5.97 Å². The average Bonchev–Trinajstić information content (AvgIpc) is 2.53. The van der Waals surface area contributed by atoms with Crippen molar-refractivity contribution in [3.05, 3.63) is 65.7 Å². The molecule has 2 aromatic rings. The molecular weight excluding hydrogens is 290 g/mol. The largest absolute Gasteiger partial charge is 0.497 e. The van der Waals surface area contributed by atoms with Crippen LogP contribution in [0, 0.1) is 0 Å². The molecule has 0 fully saturated rings. The second kappa shape index (κ2) is 6.56. The molecule has 0 aromatic heterocycles. The Morgan fingerprint density at radius 3 is 2.09 bits per heavy atom. The van der Waals surface area contributed by atoms with Crippen molar-refractivity contribution in [1.82, 2.24) is 0 Å². The van der Waals surface area contributed by atoms with Crippen LogP contribution in [0.3, 0.4) is 0 Å². The van der Waals surface area contributed by atoms with Crippen LogP contribution in [0.15, 0.2) is 54.6 Å². The molecule has 116 valence electrons. The Morgan fingerprint density at radius 1 is 1.09 bits per heavy atom. The van der Waals surface area contributed by atoms with Gasteiger partial charge in [0.15, 0.2) is 0 Å². The van der Waals surface area contributed by atoms with Gasteiger partial charge in [-0.25, -0.2) is 8.78 Å². The zero-order chi connectivity index (χ0) is 16.2. The lowest BCUT2D eigenvalue weighted by molar-refractivity contribution is -0.143. The highest BCUT2D eigenvalue weighted by molar-refractivity contribution is 5.86. The first kappa shape index (κ1) is 15.9. The number of carboxylic acids is 1. The number of methoxy groups -OCH3 is 1. The van der Waals surface area contributed by atoms with Gasteiger partial charge in [-0.15, -0.1) is 0 Å². The van der Waals surface area contributed by atoms with Crippen LogP contribution in [-0.2, 0) is 10.2 Å². The third-order valence-corrected chi connectivity index (χ3v) is 3.67. The summed E-state index contributed by atoms with van der Waals surface area (Å²) in [6, 6.07) is 14.3. The summed E-state index contributed by atoms with van der Waals surface area (Å²) in [7, 11) is 1.48. The monoisotopic (exact) mass is 306 g/mol. The summed E-state index contributed by atoms with van der Waals surface area (Å²) in [5.74, 6) is -0.766. The van der Waals surface area contributed by atoms with Gasteiger partial charge in [0.1, 0.15) is 11.2 Å².